The van der Waals surface area contributed by atoms with Crippen molar-refractivity contribution < 1.29 is 8.91 Å². The summed E-state index contributed by atoms with van der Waals surface area (Å²) < 4.78 is 19.2. The van der Waals surface area contributed by atoms with Crippen LogP contribution in [0.25, 0.3) is 17.0 Å². The fourth-order valence-corrected chi connectivity index (χ4v) is 4.80. The minimum absolute atomic E-state index is 0.257. The van der Waals surface area contributed by atoms with Crippen LogP contribution in [0.1, 0.15) is 46.7 Å². The Morgan fingerprint density at radius 2 is 1.75 bits per heavy atom. The smallest absolute Gasteiger partial charge is 0.258 e. The lowest BCUT2D eigenvalue weighted by Gasteiger charge is -2.37. The second-order valence-corrected chi connectivity index (χ2v) is 9.62. The average molecular weight is 499 g/mol. The fraction of sp³-hybridized carbons (Fsp3) is 0.207. The molecule has 5 rings (SSSR count). The molecular formula is C29H27FN4OS. The zero-order valence-electron chi connectivity index (χ0n) is 20.7. The van der Waals surface area contributed by atoms with Crippen LogP contribution in [0.3, 0.4) is 0 Å². The number of thiocarbonyl (C=S) groups is 1. The quantitative estimate of drug-likeness (QED) is 0.311. The molecule has 0 fully saturated rings. The van der Waals surface area contributed by atoms with Gasteiger partial charge in [-0.1, -0.05) is 53.2 Å². The van der Waals surface area contributed by atoms with Gasteiger partial charge in [0.1, 0.15) is 5.82 Å². The molecule has 0 saturated heterocycles. The summed E-state index contributed by atoms with van der Waals surface area (Å²) in [6, 6.07) is 20.6. The lowest BCUT2D eigenvalue weighted by atomic mass is 9.92. The predicted molar refractivity (Wildman–Crippen MR) is 143 cm³/mol. The number of rotatable bonds is 5. The average Bonchev–Trinajstić information content (AvgIpc) is 3.33. The highest BCUT2D eigenvalue weighted by molar-refractivity contribution is 7.80. The minimum Gasteiger partial charge on any atom is -0.351 e. The standard InChI is InChI=1S/C29H27FN4OS/c1-17-6-5-7-21(14-17)16-34-20(4)25(26(31-29(34)36)23-9-8-18(2)19(3)15-23)28-32-27(33-35-28)22-10-12-24(30)13-11-22/h5-15,26H,16H2,1-4H3,(H,31,36). The van der Waals surface area contributed by atoms with Crippen molar-refractivity contribution in [3.05, 3.63) is 112 Å². The van der Waals surface area contributed by atoms with Gasteiger partial charge in [0, 0.05) is 17.8 Å². The normalized spacial score (nSPS) is 15.9. The lowest BCUT2D eigenvalue weighted by molar-refractivity contribution is 0.396. The van der Waals surface area contributed by atoms with Crippen LogP contribution in [0.2, 0.25) is 0 Å². The van der Waals surface area contributed by atoms with Crippen molar-refractivity contribution in [1.29, 1.82) is 0 Å². The maximum atomic E-state index is 13.4. The number of nitrogens with zero attached hydrogens (tertiary/aromatic N) is 3. The van der Waals surface area contributed by atoms with Gasteiger partial charge in [0.2, 0.25) is 5.82 Å². The SMILES string of the molecule is CC1=C(c2nc(-c3ccc(F)cc3)no2)C(c2ccc(C)c(C)c2)NC(=S)N1Cc1cccc(C)c1. The first-order valence-electron chi connectivity index (χ1n) is 11.8. The van der Waals surface area contributed by atoms with Crippen LogP contribution in [0.4, 0.5) is 4.39 Å². The Hall–Kier alpha value is -3.84. The third-order valence-corrected chi connectivity index (χ3v) is 6.98. The van der Waals surface area contributed by atoms with E-state index < -0.39 is 0 Å². The van der Waals surface area contributed by atoms with E-state index >= 15 is 0 Å². The van der Waals surface area contributed by atoms with Crippen LogP contribution >= 0.6 is 12.2 Å². The van der Waals surface area contributed by atoms with E-state index in [0.29, 0.717) is 28.9 Å². The Labute approximate surface area is 215 Å². The van der Waals surface area contributed by atoms with Gasteiger partial charge in [0.05, 0.1) is 11.6 Å². The van der Waals surface area contributed by atoms with Crippen LogP contribution < -0.4 is 5.32 Å². The Morgan fingerprint density at radius 1 is 0.972 bits per heavy atom. The molecule has 0 bridgehead atoms. The second kappa shape index (κ2) is 9.66. The molecule has 36 heavy (non-hydrogen) atoms. The number of aromatic nitrogens is 2. The van der Waals surface area contributed by atoms with E-state index in [4.69, 9.17) is 21.7 Å². The molecule has 3 aromatic carbocycles. The van der Waals surface area contributed by atoms with Crippen LogP contribution in [-0.2, 0) is 6.54 Å². The first-order valence-corrected chi connectivity index (χ1v) is 12.2. The molecule has 1 aliphatic heterocycles. The van der Waals surface area contributed by atoms with Crippen molar-refractivity contribution >= 4 is 22.9 Å². The monoisotopic (exact) mass is 498 g/mol. The molecule has 1 atom stereocenters. The zero-order chi connectivity index (χ0) is 25.4. The number of nitrogens with one attached hydrogen (secondary N) is 1. The topological polar surface area (TPSA) is 54.2 Å². The van der Waals surface area contributed by atoms with E-state index in [1.165, 1.54) is 28.8 Å². The van der Waals surface area contributed by atoms with Crippen molar-refractivity contribution in [2.75, 3.05) is 0 Å². The number of halogens is 1. The third kappa shape index (κ3) is 4.66. The summed E-state index contributed by atoms with van der Waals surface area (Å²) in [6.45, 7) is 8.92. The minimum atomic E-state index is -0.312. The number of allylic oxidation sites excluding steroid dienone is 1. The van der Waals surface area contributed by atoms with Gasteiger partial charge < -0.3 is 14.7 Å². The molecule has 7 heteroatoms. The Balaban J connectivity index is 1.61. The van der Waals surface area contributed by atoms with E-state index in [2.05, 4.69) is 78.6 Å². The van der Waals surface area contributed by atoms with E-state index in [-0.39, 0.29) is 11.9 Å². The maximum absolute atomic E-state index is 13.4. The van der Waals surface area contributed by atoms with E-state index in [1.54, 1.807) is 12.1 Å². The van der Waals surface area contributed by atoms with Gasteiger partial charge in [0.25, 0.3) is 5.89 Å². The summed E-state index contributed by atoms with van der Waals surface area (Å²) in [6.07, 6.45) is 0. The van der Waals surface area contributed by atoms with Gasteiger partial charge in [-0.2, -0.15) is 4.98 Å². The molecular weight excluding hydrogens is 471 g/mol. The molecule has 4 aromatic rings. The third-order valence-electron chi connectivity index (χ3n) is 6.64. The molecule has 0 radical (unpaired) electrons. The first kappa shape index (κ1) is 23.9. The summed E-state index contributed by atoms with van der Waals surface area (Å²) in [5, 5.41) is 8.36. The van der Waals surface area contributed by atoms with Gasteiger partial charge >= 0.3 is 0 Å². The van der Waals surface area contributed by atoms with Crippen LogP contribution in [0, 0.1) is 26.6 Å². The molecule has 1 aliphatic rings. The number of aryl methyl sites for hydroxylation is 3. The summed E-state index contributed by atoms with van der Waals surface area (Å²) in [7, 11) is 0. The summed E-state index contributed by atoms with van der Waals surface area (Å²) >= 11 is 5.85. The number of benzene rings is 3. The van der Waals surface area contributed by atoms with E-state index in [9.17, 15) is 4.39 Å². The Bertz CT molecular complexity index is 1470. The summed E-state index contributed by atoms with van der Waals surface area (Å²) in [5.74, 6) is 0.495. The highest BCUT2D eigenvalue weighted by atomic mass is 32.1. The molecule has 2 heterocycles. The van der Waals surface area contributed by atoms with Crippen molar-refractivity contribution in [3.8, 4) is 11.4 Å². The van der Waals surface area contributed by atoms with Gasteiger partial charge in [-0.3, -0.25) is 0 Å². The molecule has 1 unspecified atom stereocenters. The lowest BCUT2D eigenvalue weighted by Crippen LogP contribution is -2.45. The molecule has 0 amide bonds. The molecule has 0 saturated carbocycles. The zero-order valence-corrected chi connectivity index (χ0v) is 21.5. The predicted octanol–water partition coefficient (Wildman–Crippen LogP) is 6.66. The van der Waals surface area contributed by atoms with Crippen molar-refractivity contribution in [2.45, 2.75) is 40.3 Å². The van der Waals surface area contributed by atoms with Crippen molar-refractivity contribution in [2.24, 2.45) is 0 Å². The largest absolute Gasteiger partial charge is 0.351 e. The molecule has 0 aliphatic carbocycles. The highest BCUT2D eigenvalue weighted by Crippen LogP contribution is 2.38. The summed E-state index contributed by atoms with van der Waals surface area (Å²) in [4.78, 5) is 6.78. The molecule has 0 spiro atoms. The maximum Gasteiger partial charge on any atom is 0.258 e. The Morgan fingerprint density at radius 3 is 2.47 bits per heavy atom. The van der Waals surface area contributed by atoms with Crippen LogP contribution in [0.5, 0.6) is 0 Å². The second-order valence-electron chi connectivity index (χ2n) is 9.23. The van der Waals surface area contributed by atoms with Gasteiger partial charge in [-0.15, -0.1) is 0 Å². The molecule has 182 valence electrons. The van der Waals surface area contributed by atoms with Crippen LogP contribution in [0.15, 0.2) is 77.0 Å². The Kier molecular flexibility index (Phi) is 6.41. The van der Waals surface area contributed by atoms with Gasteiger partial charge in [-0.25, -0.2) is 4.39 Å². The van der Waals surface area contributed by atoms with E-state index in [0.717, 1.165) is 22.4 Å². The molecule has 5 nitrogen and oxygen atoms in total. The van der Waals surface area contributed by atoms with E-state index in [1.807, 2.05) is 6.92 Å². The summed E-state index contributed by atoms with van der Waals surface area (Å²) in [5.41, 5.74) is 8.31. The first-order chi connectivity index (χ1) is 17.3. The number of hydrogen-bond donors (Lipinski definition) is 1. The highest BCUT2D eigenvalue weighted by Gasteiger charge is 2.34. The fourth-order valence-electron chi connectivity index (χ4n) is 4.49. The number of hydrogen-bond acceptors (Lipinski definition) is 4. The van der Waals surface area contributed by atoms with Crippen molar-refractivity contribution in [1.82, 2.24) is 20.4 Å². The van der Waals surface area contributed by atoms with Crippen LogP contribution in [-0.4, -0.2) is 20.2 Å². The van der Waals surface area contributed by atoms with Crippen molar-refractivity contribution in [3.63, 3.8) is 0 Å². The molecule has 1 N–H and O–H groups in total. The molecule has 1 aromatic heterocycles. The van der Waals surface area contributed by atoms with Gasteiger partial charge in [0.15, 0.2) is 5.11 Å². The van der Waals surface area contributed by atoms with Gasteiger partial charge in [-0.05, 0) is 86.4 Å².